The Balaban J connectivity index is 1.68. The monoisotopic (exact) mass is 314 g/mol. The van der Waals surface area contributed by atoms with Crippen molar-refractivity contribution in [2.45, 2.75) is 19.8 Å². The number of benzene rings is 2. The van der Waals surface area contributed by atoms with Crippen molar-refractivity contribution in [3.05, 3.63) is 71.5 Å². The maximum Gasteiger partial charge on any atom is 0.0653 e. The lowest BCUT2D eigenvalue weighted by atomic mass is 10.0. The van der Waals surface area contributed by atoms with Gasteiger partial charge in [0, 0.05) is 24.5 Å². The molecule has 0 bridgehead atoms. The van der Waals surface area contributed by atoms with Gasteiger partial charge in [-0.3, -0.25) is 4.98 Å². The summed E-state index contributed by atoms with van der Waals surface area (Å²) in [5, 5.41) is 2.55. The lowest BCUT2D eigenvalue weighted by Crippen LogP contribution is -2.17. The van der Waals surface area contributed by atoms with E-state index in [4.69, 9.17) is 0 Å². The van der Waals surface area contributed by atoms with E-state index in [1.54, 1.807) is 0 Å². The second-order valence-corrected chi connectivity index (χ2v) is 6.49. The molecule has 0 N–H and O–H groups in total. The highest BCUT2D eigenvalue weighted by Crippen LogP contribution is 2.24. The molecule has 0 aliphatic carbocycles. The maximum absolute atomic E-state index is 4.69. The topological polar surface area (TPSA) is 16.1 Å². The van der Waals surface area contributed by atoms with Crippen LogP contribution in [0.15, 0.2) is 54.6 Å². The summed E-state index contributed by atoms with van der Waals surface area (Å²) in [6.07, 6.45) is 6.90. The number of hydrogen-bond donors (Lipinski definition) is 0. The fraction of sp³-hybridized carbons (Fsp3) is 0.227. The fourth-order valence-electron chi connectivity index (χ4n) is 3.49. The molecule has 2 heteroatoms. The SMILES string of the molecule is Cc1cc(N2CCCC2)cc(/C=C/c2cccc3ccccc23)n1. The smallest absolute Gasteiger partial charge is 0.0653 e. The molecule has 1 aliphatic rings. The second-order valence-electron chi connectivity index (χ2n) is 6.49. The molecule has 0 amide bonds. The lowest BCUT2D eigenvalue weighted by Gasteiger charge is -2.18. The van der Waals surface area contributed by atoms with Gasteiger partial charge in [-0.2, -0.15) is 0 Å². The van der Waals surface area contributed by atoms with Crippen LogP contribution in [0.4, 0.5) is 5.69 Å². The van der Waals surface area contributed by atoms with E-state index >= 15 is 0 Å². The van der Waals surface area contributed by atoms with Crippen molar-refractivity contribution >= 4 is 28.6 Å². The van der Waals surface area contributed by atoms with E-state index in [1.165, 1.54) is 34.9 Å². The minimum absolute atomic E-state index is 1.03. The molecule has 24 heavy (non-hydrogen) atoms. The third-order valence-corrected chi connectivity index (χ3v) is 4.69. The zero-order valence-corrected chi connectivity index (χ0v) is 14.1. The van der Waals surface area contributed by atoms with Gasteiger partial charge in [-0.15, -0.1) is 0 Å². The molecule has 2 nitrogen and oxygen atoms in total. The summed E-state index contributed by atoms with van der Waals surface area (Å²) in [6, 6.07) is 19.3. The Morgan fingerprint density at radius 1 is 0.917 bits per heavy atom. The van der Waals surface area contributed by atoms with E-state index < -0.39 is 0 Å². The second kappa shape index (κ2) is 6.48. The van der Waals surface area contributed by atoms with E-state index in [9.17, 15) is 0 Å². The van der Waals surface area contributed by atoms with Crippen molar-refractivity contribution in [1.82, 2.24) is 4.98 Å². The molecule has 1 aromatic heterocycles. The Hall–Kier alpha value is -2.61. The molecule has 1 aliphatic heterocycles. The van der Waals surface area contributed by atoms with Gasteiger partial charge in [-0.05, 0) is 54.3 Å². The van der Waals surface area contributed by atoms with Gasteiger partial charge in [0.1, 0.15) is 0 Å². The predicted octanol–water partition coefficient (Wildman–Crippen LogP) is 5.31. The van der Waals surface area contributed by atoms with Gasteiger partial charge in [0.15, 0.2) is 0 Å². The number of aromatic nitrogens is 1. The molecular formula is C22H22N2. The summed E-state index contributed by atoms with van der Waals surface area (Å²) < 4.78 is 0. The summed E-state index contributed by atoms with van der Waals surface area (Å²) in [5.74, 6) is 0. The Labute approximate surface area is 143 Å². The van der Waals surface area contributed by atoms with Crippen LogP contribution in [-0.2, 0) is 0 Å². The standard InChI is InChI=1S/C22H22N2/c1-17-15-21(24-13-4-5-14-24)16-20(23-17)12-11-19-9-6-8-18-7-2-3-10-22(18)19/h2-3,6-12,15-16H,4-5,13-14H2,1H3/b12-11+. The van der Waals surface area contributed by atoms with Crippen LogP contribution in [0.2, 0.25) is 0 Å². The zero-order chi connectivity index (χ0) is 16.4. The Morgan fingerprint density at radius 3 is 2.58 bits per heavy atom. The number of anilines is 1. The average Bonchev–Trinajstić information content (AvgIpc) is 3.14. The largest absolute Gasteiger partial charge is 0.371 e. The quantitative estimate of drug-likeness (QED) is 0.651. The van der Waals surface area contributed by atoms with E-state index in [-0.39, 0.29) is 0 Å². The summed E-state index contributed by atoms with van der Waals surface area (Å²) in [4.78, 5) is 7.15. The lowest BCUT2D eigenvalue weighted by molar-refractivity contribution is 0.949. The number of aryl methyl sites for hydroxylation is 1. The summed E-state index contributed by atoms with van der Waals surface area (Å²) in [5.41, 5.74) is 4.65. The summed E-state index contributed by atoms with van der Waals surface area (Å²) in [6.45, 7) is 4.40. The van der Waals surface area contributed by atoms with Crippen molar-refractivity contribution in [3.8, 4) is 0 Å². The number of rotatable bonds is 3. The van der Waals surface area contributed by atoms with Crippen LogP contribution in [-0.4, -0.2) is 18.1 Å². The van der Waals surface area contributed by atoms with Crippen LogP contribution in [0.3, 0.4) is 0 Å². The normalized spacial score (nSPS) is 14.8. The molecular weight excluding hydrogens is 292 g/mol. The first-order valence-corrected chi connectivity index (χ1v) is 8.69. The average molecular weight is 314 g/mol. The number of nitrogens with zero attached hydrogens (tertiary/aromatic N) is 2. The highest BCUT2D eigenvalue weighted by atomic mass is 15.1. The molecule has 1 saturated heterocycles. The van der Waals surface area contributed by atoms with Gasteiger partial charge < -0.3 is 4.90 Å². The molecule has 1 fully saturated rings. The molecule has 2 heterocycles. The minimum Gasteiger partial charge on any atom is -0.371 e. The number of fused-ring (bicyclic) bond motifs is 1. The van der Waals surface area contributed by atoms with E-state index in [0.29, 0.717) is 0 Å². The minimum atomic E-state index is 1.03. The van der Waals surface area contributed by atoms with Crippen molar-refractivity contribution in [2.24, 2.45) is 0 Å². The van der Waals surface area contributed by atoms with Crippen LogP contribution in [0.5, 0.6) is 0 Å². The van der Waals surface area contributed by atoms with Crippen LogP contribution in [0.25, 0.3) is 22.9 Å². The third-order valence-electron chi connectivity index (χ3n) is 4.69. The van der Waals surface area contributed by atoms with Crippen molar-refractivity contribution in [2.75, 3.05) is 18.0 Å². The molecule has 0 spiro atoms. The Bertz CT molecular complexity index is 884. The first-order valence-electron chi connectivity index (χ1n) is 8.69. The molecule has 3 aromatic rings. The molecule has 0 unspecified atom stereocenters. The number of hydrogen-bond acceptors (Lipinski definition) is 2. The van der Waals surface area contributed by atoms with Gasteiger partial charge in [0.05, 0.1) is 5.69 Å². The van der Waals surface area contributed by atoms with Gasteiger partial charge in [-0.1, -0.05) is 48.5 Å². The fourth-order valence-corrected chi connectivity index (χ4v) is 3.49. The van der Waals surface area contributed by atoms with E-state index in [2.05, 4.69) is 83.6 Å². The van der Waals surface area contributed by atoms with Gasteiger partial charge >= 0.3 is 0 Å². The molecule has 2 aromatic carbocycles. The summed E-state index contributed by atoms with van der Waals surface area (Å²) >= 11 is 0. The van der Waals surface area contributed by atoms with Crippen LogP contribution >= 0.6 is 0 Å². The third kappa shape index (κ3) is 3.05. The maximum atomic E-state index is 4.69. The van der Waals surface area contributed by atoms with Crippen molar-refractivity contribution < 1.29 is 0 Å². The van der Waals surface area contributed by atoms with Crippen LogP contribution in [0.1, 0.15) is 29.8 Å². The van der Waals surface area contributed by atoms with E-state index in [0.717, 1.165) is 24.5 Å². The van der Waals surface area contributed by atoms with Gasteiger partial charge in [0.25, 0.3) is 0 Å². The van der Waals surface area contributed by atoms with Crippen LogP contribution < -0.4 is 4.90 Å². The molecule has 0 atom stereocenters. The Morgan fingerprint density at radius 2 is 1.71 bits per heavy atom. The molecule has 4 rings (SSSR count). The van der Waals surface area contributed by atoms with Crippen LogP contribution in [0, 0.1) is 6.92 Å². The van der Waals surface area contributed by atoms with E-state index in [1.807, 2.05) is 0 Å². The Kier molecular flexibility index (Phi) is 4.04. The predicted molar refractivity (Wildman–Crippen MR) is 103 cm³/mol. The van der Waals surface area contributed by atoms with Gasteiger partial charge in [-0.25, -0.2) is 0 Å². The molecule has 0 radical (unpaired) electrons. The highest BCUT2D eigenvalue weighted by molar-refractivity contribution is 5.92. The van der Waals surface area contributed by atoms with Gasteiger partial charge in [0.2, 0.25) is 0 Å². The first kappa shape index (κ1) is 14.9. The van der Waals surface area contributed by atoms with Crippen molar-refractivity contribution in [1.29, 1.82) is 0 Å². The summed E-state index contributed by atoms with van der Waals surface area (Å²) in [7, 11) is 0. The molecule has 120 valence electrons. The number of pyridine rings is 1. The highest BCUT2D eigenvalue weighted by Gasteiger charge is 2.13. The van der Waals surface area contributed by atoms with Crippen molar-refractivity contribution in [3.63, 3.8) is 0 Å². The zero-order valence-electron chi connectivity index (χ0n) is 14.1. The first-order chi connectivity index (χ1) is 11.8. The molecule has 0 saturated carbocycles.